The van der Waals surface area contributed by atoms with E-state index in [0.29, 0.717) is 10.3 Å². The fourth-order valence-corrected chi connectivity index (χ4v) is 5.50. The van der Waals surface area contributed by atoms with E-state index in [1.165, 1.54) is 11.3 Å². The van der Waals surface area contributed by atoms with Crippen LogP contribution in [0.2, 0.25) is 0 Å². The topological polar surface area (TPSA) is 58.4 Å². The molecule has 1 amide bonds. The third-order valence-corrected chi connectivity index (χ3v) is 7.34. The highest BCUT2D eigenvalue weighted by Gasteiger charge is 2.28. The lowest BCUT2D eigenvalue weighted by molar-refractivity contribution is 0.0664. The van der Waals surface area contributed by atoms with Gasteiger partial charge in [-0.2, -0.15) is 0 Å². The van der Waals surface area contributed by atoms with Gasteiger partial charge in [0.15, 0.2) is 0 Å². The monoisotopic (exact) mass is 388 g/mol. The summed E-state index contributed by atoms with van der Waals surface area (Å²) in [6.07, 6.45) is 6.08. The Kier molecular flexibility index (Phi) is 5.07. The number of hydrogen-bond donors (Lipinski definition) is 0. The molecule has 0 spiro atoms. The number of hydrogen-bond acceptors (Lipinski definition) is 5. The van der Waals surface area contributed by atoms with Crippen LogP contribution in [0, 0.1) is 6.92 Å². The Morgan fingerprint density at radius 1 is 1.19 bits per heavy atom. The van der Waals surface area contributed by atoms with E-state index in [1.54, 1.807) is 0 Å². The lowest BCUT2D eigenvalue weighted by Crippen LogP contribution is -2.44. The fourth-order valence-electron chi connectivity index (χ4n) is 4.32. The van der Waals surface area contributed by atoms with Gasteiger partial charge < -0.3 is 9.80 Å². The van der Waals surface area contributed by atoms with Crippen molar-refractivity contribution < 1.29 is 4.79 Å². The second-order valence-corrected chi connectivity index (χ2v) is 8.98. The van der Waals surface area contributed by atoms with Crippen LogP contribution in [-0.4, -0.2) is 58.5 Å². The molecule has 2 aliphatic rings. The van der Waals surface area contributed by atoms with Gasteiger partial charge in [-0.1, -0.05) is 6.42 Å². The quantitative estimate of drug-likeness (QED) is 0.794. The van der Waals surface area contributed by atoms with E-state index in [9.17, 15) is 9.59 Å². The molecule has 0 unspecified atom stereocenters. The van der Waals surface area contributed by atoms with Gasteiger partial charge in [-0.05, 0) is 58.3 Å². The third kappa shape index (κ3) is 3.31. The maximum Gasteiger partial charge on any atom is 0.264 e. The van der Waals surface area contributed by atoms with E-state index in [0.717, 1.165) is 74.4 Å². The number of aromatic nitrogens is 2. The number of nitrogens with zero attached hydrogens (tertiary/aromatic N) is 4. The summed E-state index contributed by atoms with van der Waals surface area (Å²) in [5.74, 6) is 0.915. The summed E-state index contributed by atoms with van der Waals surface area (Å²) < 4.78 is 1.84. The molecule has 0 radical (unpaired) electrons. The number of carbonyl (C=O) groups is 1. The van der Waals surface area contributed by atoms with Crippen molar-refractivity contribution >= 4 is 27.5 Å². The first-order chi connectivity index (χ1) is 13.0. The molecular weight excluding hydrogens is 360 g/mol. The van der Waals surface area contributed by atoms with Crippen molar-refractivity contribution in [1.29, 1.82) is 0 Å². The van der Waals surface area contributed by atoms with Crippen LogP contribution in [0.15, 0.2) is 4.79 Å². The van der Waals surface area contributed by atoms with Gasteiger partial charge in [-0.3, -0.25) is 14.2 Å². The van der Waals surface area contributed by atoms with Crippen LogP contribution in [0.1, 0.15) is 53.2 Å². The summed E-state index contributed by atoms with van der Waals surface area (Å²) in [7, 11) is 4.02. The van der Waals surface area contributed by atoms with Crippen LogP contribution >= 0.6 is 11.3 Å². The SMILES string of the molecule is Cc1c(C(=O)N(C)C2CCN(C)CC2)sc2nc3n(c(=O)c12)CCCCC3. The standard InChI is InChI=1S/C20H28N4O2S/c1-13-16-18(21-15-7-5-4-6-10-24(15)19(16)25)27-17(13)20(26)23(3)14-8-11-22(2)12-9-14/h14H,4-12H2,1-3H3. The predicted octanol–water partition coefficient (Wildman–Crippen LogP) is 2.66. The third-order valence-electron chi connectivity index (χ3n) is 6.16. The van der Waals surface area contributed by atoms with E-state index in [4.69, 9.17) is 4.98 Å². The number of likely N-dealkylation sites (tertiary alicyclic amines) is 1. The van der Waals surface area contributed by atoms with Gasteiger partial charge in [-0.15, -0.1) is 11.3 Å². The zero-order valence-electron chi connectivity index (χ0n) is 16.5. The first-order valence-electron chi connectivity index (χ1n) is 9.96. The average Bonchev–Trinajstić information content (AvgIpc) is 2.83. The molecule has 0 bridgehead atoms. The molecule has 2 aliphatic heterocycles. The average molecular weight is 389 g/mol. The summed E-state index contributed by atoms with van der Waals surface area (Å²) in [4.78, 5) is 36.7. The molecule has 2 aromatic heterocycles. The van der Waals surface area contributed by atoms with Gasteiger partial charge in [0.2, 0.25) is 0 Å². The molecular formula is C20H28N4O2S. The Bertz CT molecular complexity index is 924. The molecule has 6 nitrogen and oxygen atoms in total. The fraction of sp³-hybridized carbons (Fsp3) is 0.650. The van der Waals surface area contributed by atoms with Gasteiger partial charge >= 0.3 is 0 Å². The lowest BCUT2D eigenvalue weighted by Gasteiger charge is -2.35. The van der Waals surface area contributed by atoms with E-state index < -0.39 is 0 Å². The molecule has 0 saturated carbocycles. The number of carbonyl (C=O) groups excluding carboxylic acids is 1. The molecule has 1 fully saturated rings. The molecule has 1 saturated heterocycles. The summed E-state index contributed by atoms with van der Waals surface area (Å²) in [6.45, 7) is 4.68. The zero-order valence-corrected chi connectivity index (χ0v) is 17.3. The van der Waals surface area contributed by atoms with Gasteiger partial charge in [0, 0.05) is 26.1 Å². The van der Waals surface area contributed by atoms with Gasteiger partial charge in [0.1, 0.15) is 10.7 Å². The Morgan fingerprint density at radius 3 is 2.67 bits per heavy atom. The number of thiophene rings is 1. The van der Waals surface area contributed by atoms with Crippen molar-refractivity contribution in [2.24, 2.45) is 0 Å². The Labute approximate surface area is 163 Å². The van der Waals surface area contributed by atoms with Crippen molar-refractivity contribution in [3.05, 3.63) is 26.6 Å². The van der Waals surface area contributed by atoms with E-state index in [1.807, 2.05) is 23.4 Å². The van der Waals surface area contributed by atoms with Crippen LogP contribution in [0.4, 0.5) is 0 Å². The Morgan fingerprint density at radius 2 is 1.93 bits per heavy atom. The molecule has 0 aliphatic carbocycles. The Hall–Kier alpha value is -1.73. The van der Waals surface area contributed by atoms with Crippen LogP contribution in [-0.2, 0) is 13.0 Å². The van der Waals surface area contributed by atoms with Crippen LogP contribution < -0.4 is 5.56 Å². The maximum absolute atomic E-state index is 13.2. The summed E-state index contributed by atoms with van der Waals surface area (Å²) in [5, 5.41) is 0.644. The molecule has 7 heteroatoms. The second-order valence-electron chi connectivity index (χ2n) is 7.98. The maximum atomic E-state index is 13.2. The molecule has 0 aromatic carbocycles. The van der Waals surface area contributed by atoms with Crippen molar-refractivity contribution in [1.82, 2.24) is 19.4 Å². The molecule has 27 heavy (non-hydrogen) atoms. The highest BCUT2D eigenvalue weighted by Crippen LogP contribution is 2.30. The van der Waals surface area contributed by atoms with Crippen molar-refractivity contribution in [2.45, 2.75) is 58.0 Å². The smallest absolute Gasteiger partial charge is 0.264 e. The molecule has 0 atom stereocenters. The normalized spacial score (nSPS) is 19.1. The van der Waals surface area contributed by atoms with Crippen molar-refractivity contribution in [3.8, 4) is 0 Å². The van der Waals surface area contributed by atoms with Crippen LogP contribution in [0.25, 0.3) is 10.2 Å². The minimum absolute atomic E-state index is 0.0321. The van der Waals surface area contributed by atoms with E-state index >= 15 is 0 Å². The van der Waals surface area contributed by atoms with Gasteiger partial charge in [-0.25, -0.2) is 4.98 Å². The highest BCUT2D eigenvalue weighted by molar-refractivity contribution is 7.20. The zero-order chi connectivity index (χ0) is 19.1. The summed E-state index contributed by atoms with van der Waals surface area (Å²) in [5.41, 5.74) is 0.837. The predicted molar refractivity (Wildman–Crippen MR) is 109 cm³/mol. The lowest BCUT2D eigenvalue weighted by atomic mass is 10.0. The molecule has 146 valence electrons. The summed E-state index contributed by atoms with van der Waals surface area (Å²) >= 11 is 1.39. The van der Waals surface area contributed by atoms with Crippen molar-refractivity contribution in [2.75, 3.05) is 27.2 Å². The van der Waals surface area contributed by atoms with Gasteiger partial charge in [0.25, 0.3) is 11.5 Å². The number of amides is 1. The minimum atomic E-state index is 0.0321. The van der Waals surface area contributed by atoms with Gasteiger partial charge in [0.05, 0.1) is 10.3 Å². The number of piperidine rings is 1. The first kappa shape index (κ1) is 18.6. The summed E-state index contributed by atoms with van der Waals surface area (Å²) in [6, 6.07) is 0.268. The number of aryl methyl sites for hydroxylation is 2. The first-order valence-corrected chi connectivity index (χ1v) is 10.8. The van der Waals surface area contributed by atoms with E-state index in [-0.39, 0.29) is 17.5 Å². The number of rotatable bonds is 2. The Balaban J connectivity index is 1.70. The molecule has 4 heterocycles. The molecule has 4 rings (SSSR count). The van der Waals surface area contributed by atoms with Crippen LogP contribution in [0.3, 0.4) is 0 Å². The number of fused-ring (bicyclic) bond motifs is 2. The molecule has 2 aromatic rings. The van der Waals surface area contributed by atoms with Crippen LogP contribution in [0.5, 0.6) is 0 Å². The van der Waals surface area contributed by atoms with Crippen molar-refractivity contribution in [3.63, 3.8) is 0 Å². The highest BCUT2D eigenvalue weighted by atomic mass is 32.1. The largest absolute Gasteiger partial charge is 0.338 e. The minimum Gasteiger partial charge on any atom is -0.338 e. The van der Waals surface area contributed by atoms with E-state index in [2.05, 4.69) is 11.9 Å². The second kappa shape index (κ2) is 7.36. The molecule has 0 N–H and O–H groups in total.